The fourth-order valence-electron chi connectivity index (χ4n) is 2.91. The Labute approximate surface area is 159 Å². The second-order valence-electron chi connectivity index (χ2n) is 6.20. The molecule has 1 atom stereocenters. The van der Waals surface area contributed by atoms with Crippen LogP contribution < -0.4 is 5.32 Å². The van der Waals surface area contributed by atoms with Gasteiger partial charge in [0.2, 0.25) is 5.91 Å². The van der Waals surface area contributed by atoms with Crippen molar-refractivity contribution in [3.05, 3.63) is 24.3 Å². The lowest BCUT2D eigenvalue weighted by Gasteiger charge is -2.27. The van der Waals surface area contributed by atoms with Crippen LogP contribution in [0.25, 0.3) is 0 Å². The number of thioether (sulfide) groups is 1. The predicted molar refractivity (Wildman–Crippen MR) is 97.5 cm³/mol. The number of nitrogens with one attached hydrogen (secondary N) is 1. The van der Waals surface area contributed by atoms with Crippen LogP contribution in [0.4, 0.5) is 14.5 Å². The van der Waals surface area contributed by atoms with Crippen LogP contribution in [0.15, 0.2) is 34.3 Å². The number of hydrazone groups is 1. The largest absolute Gasteiger partial charge is 0.321 e. The smallest absolute Gasteiger partial charge is 0.288 e. The van der Waals surface area contributed by atoms with Crippen LogP contribution in [0.1, 0.15) is 19.3 Å². The summed E-state index contributed by atoms with van der Waals surface area (Å²) < 4.78 is 47.9. The SMILES string of the molecule is O=C(Nc1ccc(SC(F)F)cc1)C1=NN([C@H]2CCS(=O)(=O)C2)C(=O)CC1. The van der Waals surface area contributed by atoms with Gasteiger partial charge in [0, 0.05) is 23.4 Å². The molecule has 7 nitrogen and oxygen atoms in total. The van der Waals surface area contributed by atoms with Crippen molar-refractivity contribution in [1.82, 2.24) is 5.01 Å². The van der Waals surface area contributed by atoms with Crippen LogP contribution in [-0.4, -0.2) is 54.3 Å². The summed E-state index contributed by atoms with van der Waals surface area (Å²) in [4.78, 5) is 24.8. The molecule has 0 aromatic heterocycles. The lowest BCUT2D eigenvalue weighted by atomic mass is 10.1. The molecule has 0 radical (unpaired) electrons. The second kappa shape index (κ2) is 7.93. The maximum absolute atomic E-state index is 12.4. The average molecular weight is 417 g/mol. The molecule has 0 saturated carbocycles. The Kier molecular flexibility index (Phi) is 5.80. The van der Waals surface area contributed by atoms with Crippen molar-refractivity contribution < 1.29 is 26.8 Å². The Bertz CT molecular complexity index is 872. The zero-order valence-electron chi connectivity index (χ0n) is 14.1. The Morgan fingerprint density at radius 2 is 1.96 bits per heavy atom. The van der Waals surface area contributed by atoms with Gasteiger partial charge < -0.3 is 5.32 Å². The first-order valence-electron chi connectivity index (χ1n) is 8.20. The maximum atomic E-state index is 12.4. The third-order valence-corrected chi connectivity index (χ3v) is 6.69. The highest BCUT2D eigenvalue weighted by Gasteiger charge is 2.37. The molecular formula is C16H17F2N3O4S2. The van der Waals surface area contributed by atoms with Gasteiger partial charge in [0.25, 0.3) is 11.7 Å². The first-order chi connectivity index (χ1) is 12.7. The third-order valence-electron chi connectivity index (χ3n) is 4.21. The van der Waals surface area contributed by atoms with E-state index in [0.29, 0.717) is 28.8 Å². The van der Waals surface area contributed by atoms with Crippen LogP contribution in [0.3, 0.4) is 0 Å². The molecule has 1 aromatic rings. The van der Waals surface area contributed by atoms with E-state index in [1.54, 1.807) is 0 Å². The van der Waals surface area contributed by atoms with Crippen molar-refractivity contribution in [2.45, 2.75) is 36.0 Å². The normalized spacial score (nSPS) is 22.0. The van der Waals surface area contributed by atoms with Crippen molar-refractivity contribution in [2.75, 3.05) is 16.8 Å². The Morgan fingerprint density at radius 1 is 1.26 bits per heavy atom. The molecule has 0 spiro atoms. The van der Waals surface area contributed by atoms with E-state index < -0.39 is 27.5 Å². The predicted octanol–water partition coefficient (Wildman–Crippen LogP) is 2.11. The number of benzene rings is 1. The summed E-state index contributed by atoms with van der Waals surface area (Å²) in [5.74, 6) is -3.49. The molecule has 1 fully saturated rings. The molecule has 2 aliphatic heterocycles. The number of amides is 2. The van der Waals surface area contributed by atoms with Gasteiger partial charge in [-0.05, 0) is 30.7 Å². The zero-order valence-corrected chi connectivity index (χ0v) is 15.7. The number of rotatable bonds is 5. The summed E-state index contributed by atoms with van der Waals surface area (Å²) >= 11 is 0.405. The molecule has 27 heavy (non-hydrogen) atoms. The molecule has 0 unspecified atom stereocenters. The minimum atomic E-state index is -3.19. The lowest BCUT2D eigenvalue weighted by molar-refractivity contribution is -0.133. The molecule has 1 N–H and O–H groups in total. The number of sulfone groups is 1. The van der Waals surface area contributed by atoms with Crippen molar-refractivity contribution in [3.63, 3.8) is 0 Å². The van der Waals surface area contributed by atoms with Crippen LogP contribution >= 0.6 is 11.8 Å². The summed E-state index contributed by atoms with van der Waals surface area (Å²) in [6.07, 6.45) is 0.530. The number of carbonyl (C=O) groups is 2. The molecule has 1 aromatic carbocycles. The van der Waals surface area contributed by atoms with Crippen LogP contribution in [-0.2, 0) is 19.4 Å². The number of hydrogen-bond donors (Lipinski definition) is 1. The number of halogens is 2. The summed E-state index contributed by atoms with van der Waals surface area (Å²) in [7, 11) is -3.19. The van der Waals surface area contributed by atoms with Gasteiger partial charge in [-0.3, -0.25) is 9.59 Å². The summed E-state index contributed by atoms with van der Waals surface area (Å²) in [5.41, 5.74) is 0.540. The second-order valence-corrected chi connectivity index (χ2v) is 9.49. The standard InChI is InChI=1S/C16H17F2N3O4S2/c17-16(18)26-12-3-1-10(2-4-12)19-15(23)13-5-6-14(22)21(20-13)11-7-8-27(24,25)9-11/h1-4,11,16H,5-9H2,(H,19,23)/t11-/m0/s1. The highest BCUT2D eigenvalue weighted by Crippen LogP contribution is 2.26. The lowest BCUT2D eigenvalue weighted by Crippen LogP contribution is -2.42. The van der Waals surface area contributed by atoms with Crippen LogP contribution in [0.5, 0.6) is 0 Å². The van der Waals surface area contributed by atoms with E-state index in [9.17, 15) is 26.8 Å². The van der Waals surface area contributed by atoms with E-state index in [2.05, 4.69) is 10.4 Å². The molecule has 11 heteroatoms. The van der Waals surface area contributed by atoms with Gasteiger partial charge in [-0.15, -0.1) is 0 Å². The molecular weight excluding hydrogens is 400 g/mol. The van der Waals surface area contributed by atoms with E-state index in [-0.39, 0.29) is 36.0 Å². The summed E-state index contributed by atoms with van der Waals surface area (Å²) in [6, 6.07) is 5.39. The number of alkyl halides is 2. The van der Waals surface area contributed by atoms with Crippen LogP contribution in [0.2, 0.25) is 0 Å². The Hall–Kier alpha value is -2.01. The molecule has 3 rings (SSSR count). The van der Waals surface area contributed by atoms with Gasteiger partial charge in [-0.2, -0.15) is 13.9 Å². The van der Waals surface area contributed by atoms with Gasteiger partial charge in [-0.25, -0.2) is 13.4 Å². The molecule has 0 aliphatic carbocycles. The summed E-state index contributed by atoms with van der Waals surface area (Å²) in [6.45, 7) is 0. The molecule has 2 heterocycles. The topological polar surface area (TPSA) is 95.9 Å². The maximum Gasteiger partial charge on any atom is 0.288 e. The average Bonchev–Trinajstić information content (AvgIpc) is 2.96. The van der Waals surface area contributed by atoms with Crippen molar-refractivity contribution in [3.8, 4) is 0 Å². The van der Waals surface area contributed by atoms with E-state index in [1.165, 1.54) is 24.3 Å². The molecule has 2 amide bonds. The minimum Gasteiger partial charge on any atom is -0.321 e. The van der Waals surface area contributed by atoms with Crippen LogP contribution in [0, 0.1) is 0 Å². The zero-order chi connectivity index (χ0) is 19.6. The van der Waals surface area contributed by atoms with Gasteiger partial charge in [0.1, 0.15) is 5.71 Å². The monoisotopic (exact) mass is 417 g/mol. The molecule has 0 bridgehead atoms. The first-order valence-corrected chi connectivity index (χ1v) is 10.9. The van der Waals surface area contributed by atoms with Gasteiger partial charge >= 0.3 is 0 Å². The molecule has 2 aliphatic rings. The quantitative estimate of drug-likeness (QED) is 0.741. The van der Waals surface area contributed by atoms with E-state index >= 15 is 0 Å². The molecule has 146 valence electrons. The highest BCUT2D eigenvalue weighted by molar-refractivity contribution is 7.99. The van der Waals surface area contributed by atoms with Gasteiger partial charge in [-0.1, -0.05) is 11.8 Å². The van der Waals surface area contributed by atoms with Crippen molar-refractivity contribution in [1.29, 1.82) is 0 Å². The van der Waals surface area contributed by atoms with Gasteiger partial charge in [0.15, 0.2) is 9.84 Å². The molecule has 1 saturated heterocycles. The Morgan fingerprint density at radius 3 is 2.56 bits per heavy atom. The fourth-order valence-corrected chi connectivity index (χ4v) is 5.10. The third kappa shape index (κ3) is 5.04. The van der Waals surface area contributed by atoms with Crippen molar-refractivity contribution in [2.24, 2.45) is 5.10 Å². The van der Waals surface area contributed by atoms with E-state index in [4.69, 9.17) is 0 Å². The number of hydrogen-bond acceptors (Lipinski definition) is 6. The highest BCUT2D eigenvalue weighted by atomic mass is 32.2. The number of carbonyl (C=O) groups excluding carboxylic acids is 2. The van der Waals surface area contributed by atoms with Gasteiger partial charge in [0.05, 0.1) is 17.5 Å². The summed E-state index contributed by atoms with van der Waals surface area (Å²) in [5, 5.41) is 7.81. The Balaban J connectivity index is 1.68. The first kappa shape index (κ1) is 19.7. The number of anilines is 1. The minimum absolute atomic E-state index is 0.00146. The van der Waals surface area contributed by atoms with E-state index in [1.807, 2.05) is 0 Å². The fraction of sp³-hybridized carbons (Fsp3) is 0.438. The van der Waals surface area contributed by atoms with Crippen molar-refractivity contribution >= 4 is 44.8 Å². The number of nitrogens with zero attached hydrogens (tertiary/aromatic N) is 2. The van der Waals surface area contributed by atoms with E-state index in [0.717, 1.165) is 5.01 Å².